The molecule has 0 spiro atoms. The van der Waals surface area contributed by atoms with Crippen LogP contribution in [0.5, 0.6) is 5.88 Å². The van der Waals surface area contributed by atoms with E-state index in [1.165, 1.54) is 6.33 Å². The van der Waals surface area contributed by atoms with Gasteiger partial charge in [0.2, 0.25) is 11.8 Å². The van der Waals surface area contributed by atoms with Gasteiger partial charge in [-0.05, 0) is 38.5 Å². The van der Waals surface area contributed by atoms with Crippen LogP contribution in [0.4, 0.5) is 5.82 Å². The van der Waals surface area contributed by atoms with E-state index in [-0.39, 0.29) is 35.0 Å². The average molecular weight is 374 g/mol. The van der Waals surface area contributed by atoms with Crippen LogP contribution in [0.3, 0.4) is 0 Å². The van der Waals surface area contributed by atoms with Crippen LogP contribution in [-0.2, 0) is 9.59 Å². The summed E-state index contributed by atoms with van der Waals surface area (Å²) in [6.07, 6.45) is 3.95. The topological polar surface area (TPSA) is 84.4 Å². The Morgan fingerprint density at radius 1 is 1.26 bits per heavy atom. The molecule has 1 aliphatic carbocycles. The van der Waals surface area contributed by atoms with Crippen molar-refractivity contribution in [2.45, 2.75) is 53.0 Å². The molecule has 1 saturated carbocycles. The van der Waals surface area contributed by atoms with Crippen LogP contribution in [0.2, 0.25) is 0 Å². The van der Waals surface area contributed by atoms with Gasteiger partial charge in [-0.1, -0.05) is 13.8 Å². The van der Waals surface area contributed by atoms with Gasteiger partial charge in [-0.15, -0.1) is 0 Å². The minimum Gasteiger partial charge on any atom is -0.478 e. The van der Waals surface area contributed by atoms with Gasteiger partial charge in [0, 0.05) is 37.0 Å². The molecule has 2 heterocycles. The van der Waals surface area contributed by atoms with E-state index < -0.39 is 0 Å². The van der Waals surface area contributed by atoms with Crippen molar-refractivity contribution in [3.8, 4) is 5.88 Å². The Kier molecular flexibility index (Phi) is 5.67. The van der Waals surface area contributed by atoms with Crippen LogP contribution in [0.25, 0.3) is 0 Å². The molecule has 0 aromatic carbocycles. The number of ether oxygens (including phenoxy) is 1. The molecule has 1 aromatic rings. The number of carbonyl (C=O) groups is 2. The molecule has 1 amide bonds. The van der Waals surface area contributed by atoms with Crippen molar-refractivity contribution in [1.29, 1.82) is 0 Å². The fourth-order valence-corrected chi connectivity index (χ4v) is 4.35. The fourth-order valence-electron chi connectivity index (χ4n) is 4.35. The Morgan fingerprint density at radius 3 is 2.56 bits per heavy atom. The number of nitrogens with zero attached hydrogens (tertiary/aromatic N) is 3. The Hall–Kier alpha value is -2.18. The summed E-state index contributed by atoms with van der Waals surface area (Å²) in [5.41, 5.74) is -0.228. The van der Waals surface area contributed by atoms with Crippen LogP contribution in [-0.4, -0.2) is 52.3 Å². The lowest BCUT2D eigenvalue weighted by Crippen LogP contribution is -2.56. The third kappa shape index (κ3) is 4.06. The number of amides is 1. The maximum absolute atomic E-state index is 12.9. The summed E-state index contributed by atoms with van der Waals surface area (Å²) in [7, 11) is 0. The molecule has 3 rings (SSSR count). The first-order chi connectivity index (χ1) is 12.8. The molecule has 0 unspecified atom stereocenters. The third-order valence-electron chi connectivity index (χ3n) is 6.15. The molecule has 2 aliphatic rings. The molecule has 7 heteroatoms. The van der Waals surface area contributed by atoms with Gasteiger partial charge < -0.3 is 15.0 Å². The van der Waals surface area contributed by atoms with Gasteiger partial charge in [0.1, 0.15) is 17.9 Å². The van der Waals surface area contributed by atoms with Gasteiger partial charge in [-0.2, -0.15) is 0 Å². The number of carbonyl (C=O) groups excluding carboxylic acids is 2. The highest BCUT2D eigenvalue weighted by Gasteiger charge is 2.54. The predicted octanol–water partition coefficient (Wildman–Crippen LogP) is 2.53. The maximum atomic E-state index is 12.9. The first kappa shape index (κ1) is 19.6. The third-order valence-corrected chi connectivity index (χ3v) is 6.15. The molecule has 7 nitrogen and oxygen atoms in total. The Bertz CT molecular complexity index is 698. The molecule has 1 saturated heterocycles. The largest absolute Gasteiger partial charge is 0.478 e. The monoisotopic (exact) mass is 374 g/mol. The summed E-state index contributed by atoms with van der Waals surface area (Å²) in [6.45, 7) is 9.68. The van der Waals surface area contributed by atoms with Crippen molar-refractivity contribution in [2.75, 3.05) is 25.0 Å². The summed E-state index contributed by atoms with van der Waals surface area (Å²) in [6, 6.07) is 2.08. The van der Waals surface area contributed by atoms with Crippen LogP contribution < -0.4 is 10.1 Å². The highest BCUT2D eigenvalue weighted by molar-refractivity contribution is 5.87. The molecule has 1 aromatic heterocycles. The van der Waals surface area contributed by atoms with E-state index in [0.29, 0.717) is 18.9 Å². The minimum absolute atomic E-state index is 0.0166. The fraction of sp³-hybridized carbons (Fsp3) is 0.700. The zero-order valence-electron chi connectivity index (χ0n) is 16.7. The predicted molar refractivity (Wildman–Crippen MR) is 102 cm³/mol. The van der Waals surface area contributed by atoms with Crippen LogP contribution in [0.15, 0.2) is 12.4 Å². The van der Waals surface area contributed by atoms with Crippen molar-refractivity contribution in [3.05, 3.63) is 12.4 Å². The molecular weight excluding hydrogens is 344 g/mol. The molecule has 0 bridgehead atoms. The highest BCUT2D eigenvalue weighted by Crippen LogP contribution is 2.52. The van der Waals surface area contributed by atoms with Crippen LogP contribution in [0, 0.1) is 17.3 Å². The number of hydrogen-bond donors (Lipinski definition) is 1. The first-order valence-electron chi connectivity index (χ1n) is 9.83. The zero-order valence-corrected chi connectivity index (χ0v) is 16.7. The number of nitrogens with one attached hydrogen (secondary N) is 1. The van der Waals surface area contributed by atoms with E-state index in [4.69, 9.17) is 4.74 Å². The zero-order chi connectivity index (χ0) is 19.6. The van der Waals surface area contributed by atoms with E-state index in [2.05, 4.69) is 15.3 Å². The van der Waals surface area contributed by atoms with Gasteiger partial charge in [0.25, 0.3) is 0 Å². The molecule has 1 N–H and O–H groups in total. The number of Topliss-reactive ketones (excluding diaryl/α,β-unsaturated/α-hetero) is 1. The molecule has 1 aliphatic heterocycles. The molecule has 0 radical (unpaired) electrons. The van der Waals surface area contributed by atoms with Crippen molar-refractivity contribution in [2.24, 2.45) is 17.3 Å². The standard InChI is InChI=1S/C20H30N4O3/c1-5-27-18-11-17(21-12-22-18)23-14-6-8-24(9-7-14)19(26)16-10-15(13(2)25)20(16,3)4/h11-12,14-16H,5-10H2,1-4H3,(H,21,22,23)/t15-,16+/m0/s1. The number of ketones is 1. The van der Waals surface area contributed by atoms with E-state index in [0.717, 1.165) is 31.7 Å². The number of likely N-dealkylation sites (tertiary alicyclic amines) is 1. The molecular formula is C20H30N4O3. The van der Waals surface area contributed by atoms with E-state index in [9.17, 15) is 9.59 Å². The van der Waals surface area contributed by atoms with Gasteiger partial charge in [-0.3, -0.25) is 9.59 Å². The van der Waals surface area contributed by atoms with Gasteiger partial charge in [-0.25, -0.2) is 9.97 Å². The SMILES string of the molecule is CCOc1cc(NC2CCN(C(=O)[C@H]3C[C@@H](C(C)=O)C3(C)C)CC2)ncn1. The Labute approximate surface area is 160 Å². The second kappa shape index (κ2) is 7.82. The lowest BCUT2D eigenvalue weighted by molar-refractivity contribution is -0.157. The quantitative estimate of drug-likeness (QED) is 0.824. The van der Waals surface area contributed by atoms with Crippen molar-refractivity contribution >= 4 is 17.5 Å². The second-order valence-corrected chi connectivity index (χ2v) is 8.19. The van der Waals surface area contributed by atoms with E-state index in [1.54, 1.807) is 13.0 Å². The van der Waals surface area contributed by atoms with E-state index >= 15 is 0 Å². The van der Waals surface area contributed by atoms with Gasteiger partial charge >= 0.3 is 0 Å². The molecule has 27 heavy (non-hydrogen) atoms. The minimum atomic E-state index is -0.228. The average Bonchev–Trinajstić information content (AvgIpc) is 2.61. The molecule has 2 atom stereocenters. The van der Waals surface area contributed by atoms with Crippen molar-refractivity contribution in [1.82, 2.24) is 14.9 Å². The number of rotatable bonds is 6. The Balaban J connectivity index is 1.51. The van der Waals surface area contributed by atoms with Gasteiger partial charge in [0.05, 0.1) is 6.61 Å². The van der Waals surface area contributed by atoms with Gasteiger partial charge in [0.15, 0.2) is 0 Å². The first-order valence-corrected chi connectivity index (χ1v) is 9.83. The highest BCUT2D eigenvalue weighted by atomic mass is 16.5. The van der Waals surface area contributed by atoms with Crippen LogP contribution >= 0.6 is 0 Å². The molecule has 2 fully saturated rings. The lowest BCUT2D eigenvalue weighted by atomic mass is 9.53. The molecule has 148 valence electrons. The second-order valence-electron chi connectivity index (χ2n) is 8.19. The van der Waals surface area contributed by atoms with Crippen molar-refractivity contribution < 1.29 is 14.3 Å². The smallest absolute Gasteiger partial charge is 0.226 e. The normalized spacial score (nSPS) is 24.8. The summed E-state index contributed by atoms with van der Waals surface area (Å²) < 4.78 is 5.41. The number of hydrogen-bond acceptors (Lipinski definition) is 6. The van der Waals surface area contributed by atoms with Crippen LogP contribution in [0.1, 0.15) is 47.0 Å². The maximum Gasteiger partial charge on any atom is 0.226 e. The number of piperidine rings is 1. The van der Waals surface area contributed by atoms with E-state index in [1.807, 2.05) is 25.7 Å². The summed E-state index contributed by atoms with van der Waals surface area (Å²) in [5.74, 6) is 1.70. The number of aromatic nitrogens is 2. The van der Waals surface area contributed by atoms with Crippen molar-refractivity contribution in [3.63, 3.8) is 0 Å². The lowest BCUT2D eigenvalue weighted by Gasteiger charge is -2.51. The Morgan fingerprint density at radius 2 is 1.96 bits per heavy atom. The number of anilines is 1. The summed E-state index contributed by atoms with van der Waals surface area (Å²) >= 11 is 0. The summed E-state index contributed by atoms with van der Waals surface area (Å²) in [4.78, 5) is 34.9. The summed E-state index contributed by atoms with van der Waals surface area (Å²) in [5, 5.41) is 3.42.